The fourth-order valence-corrected chi connectivity index (χ4v) is 4.40. The number of H-pyrrole nitrogens is 1. The van der Waals surface area contributed by atoms with E-state index in [0.29, 0.717) is 24.2 Å². The Labute approximate surface area is 188 Å². The van der Waals surface area contributed by atoms with Crippen LogP contribution in [0, 0.1) is 0 Å². The largest absolute Gasteiger partial charge is 0.416 e. The van der Waals surface area contributed by atoms with E-state index in [1.165, 1.54) is 0 Å². The van der Waals surface area contributed by atoms with E-state index in [4.69, 9.17) is 0 Å². The van der Waals surface area contributed by atoms with Crippen molar-refractivity contribution in [2.24, 2.45) is 0 Å². The van der Waals surface area contributed by atoms with Gasteiger partial charge in [0, 0.05) is 49.3 Å². The average Bonchev–Trinajstić information content (AvgIpc) is 3.15. The van der Waals surface area contributed by atoms with Crippen molar-refractivity contribution in [2.75, 3.05) is 39.3 Å². The molecule has 1 fully saturated rings. The van der Waals surface area contributed by atoms with E-state index in [1.807, 2.05) is 12.1 Å². The molecule has 3 nitrogen and oxygen atoms in total. The fourth-order valence-electron chi connectivity index (χ4n) is 4.40. The summed E-state index contributed by atoms with van der Waals surface area (Å²) in [5, 5.41) is 0.811. The van der Waals surface area contributed by atoms with Crippen molar-refractivity contribution < 1.29 is 26.3 Å². The number of piperazine rings is 1. The first-order chi connectivity index (χ1) is 15.6. The van der Waals surface area contributed by atoms with Crippen LogP contribution in [0.1, 0.15) is 23.6 Å². The number of alkyl halides is 6. The molecular formula is C24H25F6N3. The minimum atomic E-state index is -4.89. The number of para-hydroxylation sites is 1. The smallest absolute Gasteiger partial charge is 0.354 e. The van der Waals surface area contributed by atoms with Crippen molar-refractivity contribution in [2.45, 2.75) is 25.7 Å². The Morgan fingerprint density at radius 3 is 1.97 bits per heavy atom. The Bertz CT molecular complexity index is 1080. The van der Waals surface area contributed by atoms with E-state index in [-0.39, 0.29) is 11.6 Å². The molecule has 0 unspecified atom stereocenters. The Morgan fingerprint density at radius 2 is 1.39 bits per heavy atom. The van der Waals surface area contributed by atoms with Crippen molar-refractivity contribution >= 4 is 10.9 Å². The highest BCUT2D eigenvalue weighted by Gasteiger charge is 2.37. The number of hydrogen-bond acceptors (Lipinski definition) is 2. The van der Waals surface area contributed by atoms with Gasteiger partial charge in [0.05, 0.1) is 11.1 Å². The number of rotatable bonds is 5. The molecule has 1 N–H and O–H groups in total. The molecule has 1 aliphatic rings. The van der Waals surface area contributed by atoms with Crippen LogP contribution in [0.5, 0.6) is 0 Å². The van der Waals surface area contributed by atoms with Crippen LogP contribution in [0.15, 0.2) is 42.5 Å². The second-order valence-electron chi connectivity index (χ2n) is 8.34. The molecule has 3 aromatic rings. The highest BCUT2D eigenvalue weighted by atomic mass is 19.4. The van der Waals surface area contributed by atoms with Gasteiger partial charge in [-0.3, -0.25) is 0 Å². The summed E-state index contributed by atoms with van der Waals surface area (Å²) in [6.45, 7) is 7.42. The average molecular weight is 469 g/mol. The van der Waals surface area contributed by atoms with Crippen LogP contribution in [0.2, 0.25) is 0 Å². The molecule has 178 valence electrons. The zero-order valence-electron chi connectivity index (χ0n) is 18.2. The zero-order valence-corrected chi connectivity index (χ0v) is 18.2. The number of likely N-dealkylation sites (N-methyl/N-ethyl adjacent to an activating group) is 1. The predicted molar refractivity (Wildman–Crippen MR) is 116 cm³/mol. The molecule has 0 atom stereocenters. The number of halogens is 6. The summed E-state index contributed by atoms with van der Waals surface area (Å²) in [7, 11) is 0. The Balaban J connectivity index is 1.74. The fraction of sp³-hybridized carbons (Fsp3) is 0.417. The molecule has 0 radical (unpaired) electrons. The number of aromatic nitrogens is 1. The Hall–Kier alpha value is -2.52. The van der Waals surface area contributed by atoms with E-state index in [0.717, 1.165) is 55.8 Å². The highest BCUT2D eigenvalue weighted by Crippen LogP contribution is 2.40. The highest BCUT2D eigenvalue weighted by molar-refractivity contribution is 5.91. The Kier molecular flexibility index (Phi) is 6.46. The van der Waals surface area contributed by atoms with Gasteiger partial charge in [-0.05, 0) is 48.4 Å². The number of nitrogens with one attached hydrogen (secondary N) is 1. The molecule has 1 aliphatic heterocycles. The lowest BCUT2D eigenvalue weighted by Crippen LogP contribution is -2.46. The van der Waals surface area contributed by atoms with Crippen LogP contribution < -0.4 is 0 Å². The summed E-state index contributed by atoms with van der Waals surface area (Å²) in [5.41, 5.74) is -1.01. The molecule has 0 amide bonds. The van der Waals surface area contributed by atoms with E-state index < -0.39 is 23.5 Å². The van der Waals surface area contributed by atoms with Crippen molar-refractivity contribution in [1.29, 1.82) is 0 Å². The lowest BCUT2D eigenvalue weighted by atomic mass is 9.98. The quantitative estimate of drug-likeness (QED) is 0.460. The monoisotopic (exact) mass is 469 g/mol. The molecule has 1 aromatic heterocycles. The maximum Gasteiger partial charge on any atom is 0.416 e. The minimum absolute atomic E-state index is 0.112. The summed E-state index contributed by atoms with van der Waals surface area (Å²) >= 11 is 0. The van der Waals surface area contributed by atoms with Gasteiger partial charge in [0.25, 0.3) is 0 Å². The lowest BCUT2D eigenvalue weighted by Gasteiger charge is -2.34. The van der Waals surface area contributed by atoms with E-state index in [2.05, 4.69) is 21.7 Å². The van der Waals surface area contributed by atoms with Crippen LogP contribution in [-0.4, -0.2) is 54.1 Å². The van der Waals surface area contributed by atoms with Gasteiger partial charge in [-0.15, -0.1) is 0 Å². The van der Waals surface area contributed by atoms with Gasteiger partial charge >= 0.3 is 12.4 Å². The van der Waals surface area contributed by atoms with E-state index >= 15 is 0 Å². The van der Waals surface area contributed by atoms with Gasteiger partial charge in [0.2, 0.25) is 0 Å². The zero-order chi connectivity index (χ0) is 23.8. The molecule has 0 bridgehead atoms. The second-order valence-corrected chi connectivity index (χ2v) is 8.34. The molecule has 0 saturated carbocycles. The van der Waals surface area contributed by atoms with Crippen LogP contribution >= 0.6 is 0 Å². The summed E-state index contributed by atoms with van der Waals surface area (Å²) < 4.78 is 80.5. The molecule has 4 rings (SSSR count). The molecule has 2 aromatic carbocycles. The molecular weight excluding hydrogens is 444 g/mol. The maximum absolute atomic E-state index is 13.4. The van der Waals surface area contributed by atoms with Crippen LogP contribution in [-0.2, 0) is 18.8 Å². The molecule has 0 aliphatic carbocycles. The van der Waals surface area contributed by atoms with E-state index in [1.54, 1.807) is 12.1 Å². The first-order valence-electron chi connectivity index (χ1n) is 10.9. The summed E-state index contributed by atoms with van der Waals surface area (Å²) in [4.78, 5) is 7.71. The molecule has 2 heterocycles. The standard InChI is InChI=1S/C24H25F6N3/c1-2-32-9-11-33(12-10-32)8-7-20-19-5-3-4-6-21(19)31-22(20)16-13-17(23(25,26)27)15-18(14-16)24(28,29)30/h3-6,13-15,31H,2,7-12H2,1H3. The van der Waals surface area contributed by atoms with Gasteiger partial charge < -0.3 is 14.8 Å². The van der Waals surface area contributed by atoms with Gasteiger partial charge in [-0.2, -0.15) is 26.3 Å². The lowest BCUT2D eigenvalue weighted by molar-refractivity contribution is -0.143. The van der Waals surface area contributed by atoms with Gasteiger partial charge in [0.15, 0.2) is 0 Å². The van der Waals surface area contributed by atoms with Crippen molar-refractivity contribution in [3.63, 3.8) is 0 Å². The maximum atomic E-state index is 13.4. The number of nitrogens with zero attached hydrogens (tertiary/aromatic N) is 2. The molecule has 0 spiro atoms. The topological polar surface area (TPSA) is 22.3 Å². The predicted octanol–water partition coefficient (Wildman–Crippen LogP) is 6.05. The molecule has 9 heteroatoms. The van der Waals surface area contributed by atoms with Crippen LogP contribution in [0.3, 0.4) is 0 Å². The van der Waals surface area contributed by atoms with Crippen LogP contribution in [0.4, 0.5) is 26.3 Å². The number of benzene rings is 2. The second kappa shape index (κ2) is 9.02. The summed E-state index contributed by atoms with van der Waals surface area (Å²) in [5.74, 6) is 0. The minimum Gasteiger partial charge on any atom is -0.354 e. The normalized spacial score (nSPS) is 16.6. The number of aromatic amines is 1. The first-order valence-corrected chi connectivity index (χ1v) is 10.9. The Morgan fingerprint density at radius 1 is 0.818 bits per heavy atom. The van der Waals surface area contributed by atoms with Crippen molar-refractivity contribution in [3.05, 3.63) is 59.2 Å². The van der Waals surface area contributed by atoms with Crippen molar-refractivity contribution in [1.82, 2.24) is 14.8 Å². The molecule has 1 saturated heterocycles. The van der Waals surface area contributed by atoms with Gasteiger partial charge in [0.1, 0.15) is 0 Å². The number of hydrogen-bond donors (Lipinski definition) is 1. The first kappa shape index (κ1) is 23.6. The van der Waals surface area contributed by atoms with Gasteiger partial charge in [-0.1, -0.05) is 25.1 Å². The SMILES string of the molecule is CCN1CCN(CCc2c(-c3cc(C(F)(F)F)cc(C(F)(F)F)c3)[nH]c3ccccc23)CC1. The van der Waals surface area contributed by atoms with E-state index in [9.17, 15) is 26.3 Å². The third kappa shape index (κ3) is 5.19. The summed E-state index contributed by atoms with van der Waals surface area (Å²) in [6, 6.07) is 8.98. The molecule has 33 heavy (non-hydrogen) atoms. The number of fused-ring (bicyclic) bond motifs is 1. The summed E-state index contributed by atoms with van der Waals surface area (Å²) in [6.07, 6.45) is -9.26. The third-order valence-corrected chi connectivity index (χ3v) is 6.28. The van der Waals surface area contributed by atoms with Crippen LogP contribution in [0.25, 0.3) is 22.2 Å². The van der Waals surface area contributed by atoms with Crippen molar-refractivity contribution in [3.8, 4) is 11.3 Å². The third-order valence-electron chi connectivity index (χ3n) is 6.28. The van der Waals surface area contributed by atoms with Gasteiger partial charge in [-0.25, -0.2) is 0 Å².